The van der Waals surface area contributed by atoms with Crippen molar-refractivity contribution >= 4 is 5.69 Å². The summed E-state index contributed by atoms with van der Waals surface area (Å²) < 4.78 is 10.8. The molecule has 94 valence electrons. The van der Waals surface area contributed by atoms with Gasteiger partial charge in [-0.1, -0.05) is 0 Å². The lowest BCUT2D eigenvalue weighted by Gasteiger charge is -2.22. The Hall–Kier alpha value is -1.22. The summed E-state index contributed by atoms with van der Waals surface area (Å²) in [6.45, 7) is 5.58. The Balaban J connectivity index is 1.77. The number of rotatable bonds is 5. The van der Waals surface area contributed by atoms with Crippen LogP contribution in [0.25, 0.3) is 0 Å². The summed E-state index contributed by atoms with van der Waals surface area (Å²) in [6.07, 6.45) is 2.34. The topological polar surface area (TPSA) is 30.5 Å². The van der Waals surface area contributed by atoms with E-state index in [1.165, 1.54) is 18.5 Å². The summed E-state index contributed by atoms with van der Waals surface area (Å²) in [4.78, 5) is 0. The third kappa shape index (κ3) is 3.93. The number of hydrogen-bond donors (Lipinski definition) is 1. The van der Waals surface area contributed by atoms with Crippen LogP contribution in [0.5, 0.6) is 5.75 Å². The smallest absolute Gasteiger partial charge is 0.119 e. The van der Waals surface area contributed by atoms with Gasteiger partial charge in [-0.25, -0.2) is 0 Å². The van der Waals surface area contributed by atoms with E-state index in [4.69, 9.17) is 9.47 Å². The van der Waals surface area contributed by atoms with Crippen LogP contribution in [0.15, 0.2) is 24.3 Å². The van der Waals surface area contributed by atoms with Gasteiger partial charge in [-0.15, -0.1) is 0 Å². The van der Waals surface area contributed by atoms with Crippen LogP contribution < -0.4 is 10.1 Å². The average Bonchev–Trinajstić information content (AvgIpc) is 2.40. The van der Waals surface area contributed by atoms with Crippen molar-refractivity contribution in [1.82, 2.24) is 0 Å². The molecule has 0 unspecified atom stereocenters. The van der Waals surface area contributed by atoms with Gasteiger partial charge in [-0.2, -0.15) is 0 Å². The maximum absolute atomic E-state index is 5.41. The molecule has 0 aliphatic carbocycles. The van der Waals surface area contributed by atoms with Crippen molar-refractivity contribution in [3.8, 4) is 5.75 Å². The molecule has 0 radical (unpaired) electrons. The van der Waals surface area contributed by atoms with E-state index in [-0.39, 0.29) is 0 Å². The Morgan fingerprint density at radius 2 is 1.94 bits per heavy atom. The van der Waals surface area contributed by atoms with Gasteiger partial charge in [0.15, 0.2) is 0 Å². The average molecular weight is 235 g/mol. The lowest BCUT2D eigenvalue weighted by Crippen LogP contribution is -2.22. The van der Waals surface area contributed by atoms with Crippen LogP contribution in [0.2, 0.25) is 0 Å². The van der Waals surface area contributed by atoms with Crippen LogP contribution in [-0.4, -0.2) is 26.4 Å². The Morgan fingerprint density at radius 3 is 2.59 bits per heavy atom. The lowest BCUT2D eigenvalue weighted by atomic mass is 10.0. The predicted octanol–water partition coefficient (Wildman–Crippen LogP) is 2.92. The summed E-state index contributed by atoms with van der Waals surface area (Å²) in [6, 6.07) is 8.17. The van der Waals surface area contributed by atoms with Crippen molar-refractivity contribution in [3.05, 3.63) is 24.3 Å². The molecule has 0 saturated carbocycles. The van der Waals surface area contributed by atoms with E-state index in [1.807, 2.05) is 19.1 Å². The molecule has 1 N–H and O–H groups in total. The minimum Gasteiger partial charge on any atom is -0.494 e. The van der Waals surface area contributed by atoms with Gasteiger partial charge >= 0.3 is 0 Å². The first-order valence-electron chi connectivity index (χ1n) is 6.43. The Labute approximate surface area is 103 Å². The van der Waals surface area contributed by atoms with Gasteiger partial charge < -0.3 is 14.8 Å². The molecule has 1 saturated heterocycles. The van der Waals surface area contributed by atoms with Gasteiger partial charge in [0, 0.05) is 25.4 Å². The van der Waals surface area contributed by atoms with E-state index in [0.717, 1.165) is 38.0 Å². The first-order valence-corrected chi connectivity index (χ1v) is 6.43. The molecule has 1 aromatic rings. The molecule has 1 fully saturated rings. The largest absolute Gasteiger partial charge is 0.494 e. The van der Waals surface area contributed by atoms with Crippen LogP contribution in [0.3, 0.4) is 0 Å². The number of hydrogen-bond acceptors (Lipinski definition) is 3. The molecule has 3 nitrogen and oxygen atoms in total. The van der Waals surface area contributed by atoms with Crippen molar-refractivity contribution < 1.29 is 9.47 Å². The second-order valence-electron chi connectivity index (χ2n) is 4.39. The van der Waals surface area contributed by atoms with Gasteiger partial charge in [-0.05, 0) is 49.9 Å². The van der Waals surface area contributed by atoms with Gasteiger partial charge in [0.25, 0.3) is 0 Å². The summed E-state index contributed by atoms with van der Waals surface area (Å²) in [7, 11) is 0. The monoisotopic (exact) mass is 235 g/mol. The van der Waals surface area contributed by atoms with Crippen molar-refractivity contribution in [1.29, 1.82) is 0 Å². The van der Waals surface area contributed by atoms with E-state index in [0.29, 0.717) is 0 Å². The molecule has 0 aromatic heterocycles. The SMILES string of the molecule is CCOc1ccc(NCC2CCOCC2)cc1. The van der Waals surface area contributed by atoms with Crippen molar-refractivity contribution in [2.75, 3.05) is 31.7 Å². The van der Waals surface area contributed by atoms with Crippen LogP contribution in [-0.2, 0) is 4.74 Å². The summed E-state index contributed by atoms with van der Waals surface area (Å²) in [5, 5.41) is 3.47. The number of benzene rings is 1. The van der Waals surface area contributed by atoms with Crippen LogP contribution in [0.1, 0.15) is 19.8 Å². The normalized spacial score (nSPS) is 16.8. The van der Waals surface area contributed by atoms with Crippen molar-refractivity contribution in [2.24, 2.45) is 5.92 Å². The summed E-state index contributed by atoms with van der Waals surface area (Å²) in [5.74, 6) is 1.68. The Bertz CT molecular complexity index is 317. The molecule has 0 bridgehead atoms. The third-order valence-corrected chi connectivity index (χ3v) is 3.10. The quantitative estimate of drug-likeness (QED) is 0.851. The zero-order valence-electron chi connectivity index (χ0n) is 10.4. The van der Waals surface area contributed by atoms with E-state index >= 15 is 0 Å². The molecule has 1 aliphatic heterocycles. The third-order valence-electron chi connectivity index (χ3n) is 3.10. The maximum Gasteiger partial charge on any atom is 0.119 e. The summed E-state index contributed by atoms with van der Waals surface area (Å²) in [5.41, 5.74) is 1.17. The second kappa shape index (κ2) is 6.50. The molecule has 3 heteroatoms. The standard InChI is InChI=1S/C14H21NO2/c1-2-17-14-5-3-13(4-6-14)15-11-12-7-9-16-10-8-12/h3-6,12,15H,2,7-11H2,1H3. The van der Waals surface area contributed by atoms with Gasteiger partial charge in [0.2, 0.25) is 0 Å². The Kier molecular flexibility index (Phi) is 4.68. The molecule has 1 heterocycles. The fraction of sp³-hybridized carbons (Fsp3) is 0.571. The zero-order valence-corrected chi connectivity index (χ0v) is 10.4. The zero-order chi connectivity index (χ0) is 11.9. The van der Waals surface area contributed by atoms with E-state index < -0.39 is 0 Å². The number of anilines is 1. The van der Waals surface area contributed by atoms with Crippen molar-refractivity contribution in [2.45, 2.75) is 19.8 Å². The van der Waals surface area contributed by atoms with Gasteiger partial charge in [0.05, 0.1) is 6.61 Å². The number of nitrogens with one attached hydrogen (secondary N) is 1. The highest BCUT2D eigenvalue weighted by Gasteiger charge is 2.12. The van der Waals surface area contributed by atoms with Crippen LogP contribution in [0.4, 0.5) is 5.69 Å². The minimum absolute atomic E-state index is 0.717. The van der Waals surface area contributed by atoms with Gasteiger partial charge in [0.1, 0.15) is 5.75 Å². The Morgan fingerprint density at radius 1 is 1.24 bits per heavy atom. The highest BCUT2D eigenvalue weighted by atomic mass is 16.5. The minimum atomic E-state index is 0.717. The first kappa shape index (κ1) is 12.2. The fourth-order valence-electron chi connectivity index (χ4n) is 2.05. The van der Waals surface area contributed by atoms with Crippen LogP contribution >= 0.6 is 0 Å². The second-order valence-corrected chi connectivity index (χ2v) is 4.39. The van der Waals surface area contributed by atoms with Crippen molar-refractivity contribution in [3.63, 3.8) is 0 Å². The van der Waals surface area contributed by atoms with Gasteiger partial charge in [-0.3, -0.25) is 0 Å². The molecular formula is C14H21NO2. The molecular weight excluding hydrogens is 214 g/mol. The molecule has 0 spiro atoms. The fourth-order valence-corrected chi connectivity index (χ4v) is 2.05. The molecule has 1 aromatic carbocycles. The highest BCUT2D eigenvalue weighted by molar-refractivity contribution is 5.46. The number of ether oxygens (including phenoxy) is 2. The molecule has 0 amide bonds. The van der Waals surface area contributed by atoms with E-state index in [2.05, 4.69) is 17.4 Å². The molecule has 2 rings (SSSR count). The van der Waals surface area contributed by atoms with E-state index in [1.54, 1.807) is 0 Å². The van der Waals surface area contributed by atoms with E-state index in [9.17, 15) is 0 Å². The molecule has 0 atom stereocenters. The summed E-state index contributed by atoms with van der Waals surface area (Å²) >= 11 is 0. The van der Waals surface area contributed by atoms with Crippen LogP contribution in [0, 0.1) is 5.92 Å². The lowest BCUT2D eigenvalue weighted by molar-refractivity contribution is 0.0699. The maximum atomic E-state index is 5.41. The first-order chi connectivity index (χ1) is 8.38. The molecule has 1 aliphatic rings. The highest BCUT2D eigenvalue weighted by Crippen LogP contribution is 2.18. The predicted molar refractivity (Wildman–Crippen MR) is 69.6 cm³/mol. The molecule has 17 heavy (non-hydrogen) atoms.